The van der Waals surface area contributed by atoms with E-state index >= 15 is 0 Å². The van der Waals surface area contributed by atoms with E-state index in [-0.39, 0.29) is 30.4 Å². The molecule has 1 aromatic heterocycles. The number of carbonyl (C=O) groups excluding carboxylic acids is 2. The summed E-state index contributed by atoms with van der Waals surface area (Å²) in [6, 6.07) is 7.56. The van der Waals surface area contributed by atoms with Crippen molar-refractivity contribution in [1.82, 2.24) is 25.2 Å². The summed E-state index contributed by atoms with van der Waals surface area (Å²) in [5.74, 6) is 0.613. The molecule has 1 unspecified atom stereocenters. The molecule has 8 nitrogen and oxygen atoms in total. The van der Waals surface area contributed by atoms with E-state index in [1.165, 1.54) is 32.1 Å². The van der Waals surface area contributed by atoms with Crippen LogP contribution in [0.5, 0.6) is 0 Å². The van der Waals surface area contributed by atoms with Gasteiger partial charge in [0, 0.05) is 30.6 Å². The van der Waals surface area contributed by atoms with Crippen LogP contribution in [-0.2, 0) is 22.7 Å². The Morgan fingerprint density at radius 1 is 1.06 bits per heavy atom. The molecule has 1 aliphatic carbocycles. The molecule has 1 saturated carbocycles. The lowest BCUT2D eigenvalue weighted by Gasteiger charge is -2.32. The molecule has 1 saturated heterocycles. The molecule has 182 valence electrons. The number of amides is 2. The van der Waals surface area contributed by atoms with Gasteiger partial charge in [-0.25, -0.2) is 4.68 Å². The van der Waals surface area contributed by atoms with Crippen molar-refractivity contribution in [3.63, 3.8) is 0 Å². The monoisotopic (exact) mass is 485 g/mol. The average molecular weight is 486 g/mol. The molecule has 2 aromatic rings. The second-order valence-electron chi connectivity index (χ2n) is 9.73. The van der Waals surface area contributed by atoms with Gasteiger partial charge in [0.05, 0.1) is 18.8 Å². The Hall–Kier alpha value is -2.45. The van der Waals surface area contributed by atoms with Gasteiger partial charge in [0.2, 0.25) is 5.91 Å². The zero-order valence-electron chi connectivity index (χ0n) is 19.4. The first-order valence-corrected chi connectivity index (χ1v) is 12.8. The molecule has 5 rings (SSSR count). The molecule has 3 aliphatic rings. The van der Waals surface area contributed by atoms with Crippen molar-refractivity contribution in [3.05, 3.63) is 46.2 Å². The minimum Gasteiger partial charge on any atom is -0.365 e. The highest BCUT2D eigenvalue weighted by Gasteiger charge is 2.33. The topological polar surface area (TPSA) is 89.4 Å². The second kappa shape index (κ2) is 10.4. The van der Waals surface area contributed by atoms with Crippen LogP contribution in [0.15, 0.2) is 24.3 Å². The molecule has 1 N–H and O–H groups in total. The average Bonchev–Trinajstić information content (AvgIpc) is 3.31. The van der Waals surface area contributed by atoms with Crippen molar-refractivity contribution in [2.45, 2.75) is 64.2 Å². The fourth-order valence-corrected chi connectivity index (χ4v) is 5.46. The number of hydrogen-bond acceptors (Lipinski definition) is 5. The fourth-order valence-electron chi connectivity index (χ4n) is 5.33. The number of hydrogen-bond donors (Lipinski definition) is 1. The van der Waals surface area contributed by atoms with Gasteiger partial charge in [-0.05, 0) is 49.3 Å². The molecule has 3 heterocycles. The van der Waals surface area contributed by atoms with Crippen molar-refractivity contribution in [2.24, 2.45) is 11.8 Å². The molecular formula is C25H32ClN5O3. The normalized spacial score (nSPS) is 21.8. The predicted octanol–water partition coefficient (Wildman–Crippen LogP) is 3.75. The van der Waals surface area contributed by atoms with E-state index in [2.05, 4.69) is 15.6 Å². The summed E-state index contributed by atoms with van der Waals surface area (Å²) in [5.41, 5.74) is 2.08. The third kappa shape index (κ3) is 5.13. The molecule has 2 amide bonds. The van der Waals surface area contributed by atoms with E-state index in [4.69, 9.17) is 16.3 Å². The van der Waals surface area contributed by atoms with Crippen LogP contribution < -0.4 is 5.32 Å². The maximum Gasteiger partial charge on any atom is 0.276 e. The summed E-state index contributed by atoms with van der Waals surface area (Å²) in [6.07, 6.45) is 7.53. The minimum absolute atomic E-state index is 0.0230. The second-order valence-corrected chi connectivity index (χ2v) is 10.2. The summed E-state index contributed by atoms with van der Waals surface area (Å²) >= 11 is 5.99. The van der Waals surface area contributed by atoms with Crippen molar-refractivity contribution in [3.8, 4) is 0 Å². The molecule has 1 atom stereocenters. The van der Waals surface area contributed by atoms with Gasteiger partial charge in [-0.2, -0.15) is 0 Å². The summed E-state index contributed by atoms with van der Waals surface area (Å²) in [6.45, 7) is 2.69. The van der Waals surface area contributed by atoms with Crippen LogP contribution in [0, 0.1) is 11.8 Å². The van der Waals surface area contributed by atoms with Crippen LogP contribution in [0.2, 0.25) is 5.02 Å². The lowest BCUT2D eigenvalue weighted by Crippen LogP contribution is -2.44. The summed E-state index contributed by atoms with van der Waals surface area (Å²) < 4.78 is 7.79. The van der Waals surface area contributed by atoms with Gasteiger partial charge in [-0.15, -0.1) is 5.10 Å². The fraction of sp³-hybridized carbons (Fsp3) is 0.600. The lowest BCUT2D eigenvalue weighted by atomic mass is 9.89. The lowest BCUT2D eigenvalue weighted by molar-refractivity contribution is -0.126. The van der Waals surface area contributed by atoms with Crippen LogP contribution in [0.4, 0.5) is 0 Å². The van der Waals surface area contributed by atoms with Gasteiger partial charge < -0.3 is 15.0 Å². The highest BCUT2D eigenvalue weighted by Crippen LogP contribution is 2.29. The minimum atomic E-state index is -0.155. The molecule has 0 radical (unpaired) electrons. The molecule has 1 aromatic carbocycles. The zero-order valence-corrected chi connectivity index (χ0v) is 20.2. The van der Waals surface area contributed by atoms with Crippen molar-refractivity contribution in [2.75, 3.05) is 19.6 Å². The smallest absolute Gasteiger partial charge is 0.276 e. The highest BCUT2D eigenvalue weighted by molar-refractivity contribution is 6.30. The molecule has 0 bridgehead atoms. The molecule has 2 fully saturated rings. The van der Waals surface area contributed by atoms with Crippen LogP contribution in [0.3, 0.4) is 0 Å². The van der Waals surface area contributed by atoms with Crippen LogP contribution >= 0.6 is 11.6 Å². The summed E-state index contributed by atoms with van der Waals surface area (Å²) in [4.78, 5) is 27.6. The first-order valence-electron chi connectivity index (χ1n) is 12.4. The Balaban J connectivity index is 1.14. The molecular weight excluding hydrogens is 454 g/mol. The zero-order chi connectivity index (χ0) is 23.5. The largest absolute Gasteiger partial charge is 0.365 e. The number of fused-ring (bicyclic) bond motifs is 1. The standard InChI is InChI=1S/C25H32ClN5O3/c26-20-8-6-18(7-9-20)22-15-31-21(16-34-22)23(28-29-31)25(33)30-12-10-19(11-13-30)24(32)27-14-17-4-2-1-3-5-17/h6-9,17,19,22H,1-5,10-16H2,(H,27,32). The van der Waals surface area contributed by atoms with Gasteiger partial charge in [-0.3, -0.25) is 9.59 Å². The molecule has 9 heteroatoms. The Labute approximate surface area is 205 Å². The Bertz CT molecular complexity index is 1010. The molecule has 2 aliphatic heterocycles. The van der Waals surface area contributed by atoms with E-state index in [1.807, 2.05) is 24.3 Å². The number of piperidine rings is 1. The van der Waals surface area contributed by atoms with Crippen molar-refractivity contribution in [1.29, 1.82) is 0 Å². The number of halogens is 1. The Morgan fingerprint density at radius 2 is 1.79 bits per heavy atom. The Morgan fingerprint density at radius 3 is 2.53 bits per heavy atom. The maximum absolute atomic E-state index is 13.2. The van der Waals surface area contributed by atoms with Gasteiger partial charge in [0.15, 0.2) is 5.69 Å². The SMILES string of the molecule is O=C(NCC1CCCCC1)C1CCN(C(=O)c2nnn3c2COC(c2ccc(Cl)cc2)C3)CC1. The number of ether oxygens (including phenoxy) is 1. The third-order valence-electron chi connectivity index (χ3n) is 7.48. The number of likely N-dealkylation sites (tertiary alicyclic amines) is 1. The van der Waals surface area contributed by atoms with E-state index in [1.54, 1.807) is 9.58 Å². The summed E-state index contributed by atoms with van der Waals surface area (Å²) in [7, 11) is 0. The quantitative estimate of drug-likeness (QED) is 0.696. The van der Waals surface area contributed by atoms with E-state index in [0.29, 0.717) is 54.8 Å². The molecule has 34 heavy (non-hydrogen) atoms. The van der Waals surface area contributed by atoms with Gasteiger partial charge in [-0.1, -0.05) is 48.2 Å². The highest BCUT2D eigenvalue weighted by atomic mass is 35.5. The van der Waals surface area contributed by atoms with Gasteiger partial charge in [0.25, 0.3) is 5.91 Å². The van der Waals surface area contributed by atoms with E-state index < -0.39 is 0 Å². The first-order chi connectivity index (χ1) is 16.6. The maximum atomic E-state index is 13.2. The van der Waals surface area contributed by atoms with Crippen molar-refractivity contribution >= 4 is 23.4 Å². The number of nitrogens with one attached hydrogen (secondary N) is 1. The number of nitrogens with zero attached hydrogens (tertiary/aromatic N) is 4. The Kier molecular flexibility index (Phi) is 7.15. The van der Waals surface area contributed by atoms with Crippen LogP contribution in [0.1, 0.15) is 72.8 Å². The first kappa shape index (κ1) is 23.3. The van der Waals surface area contributed by atoms with E-state index in [9.17, 15) is 9.59 Å². The van der Waals surface area contributed by atoms with Gasteiger partial charge >= 0.3 is 0 Å². The molecule has 0 spiro atoms. The third-order valence-corrected chi connectivity index (χ3v) is 7.74. The van der Waals surface area contributed by atoms with Crippen molar-refractivity contribution < 1.29 is 14.3 Å². The van der Waals surface area contributed by atoms with Gasteiger partial charge in [0.1, 0.15) is 6.10 Å². The van der Waals surface area contributed by atoms with E-state index in [0.717, 1.165) is 12.1 Å². The number of benzene rings is 1. The predicted molar refractivity (Wildman–Crippen MR) is 127 cm³/mol. The number of rotatable bonds is 5. The number of carbonyl (C=O) groups is 2. The van der Waals surface area contributed by atoms with Crippen LogP contribution in [-0.4, -0.2) is 51.3 Å². The number of aromatic nitrogens is 3. The summed E-state index contributed by atoms with van der Waals surface area (Å²) in [5, 5.41) is 12.3. The van der Waals surface area contributed by atoms with Crippen LogP contribution in [0.25, 0.3) is 0 Å².